The number of rotatable bonds is 7. The predicted octanol–water partition coefficient (Wildman–Crippen LogP) is 2.84. The highest BCUT2D eigenvalue weighted by molar-refractivity contribution is 7.91. The van der Waals surface area contributed by atoms with Gasteiger partial charge in [-0.2, -0.15) is 0 Å². The van der Waals surface area contributed by atoms with Crippen LogP contribution in [0.2, 0.25) is 0 Å². The highest BCUT2D eigenvalue weighted by Gasteiger charge is 2.11. The molecule has 104 valence electrons. The van der Waals surface area contributed by atoms with Crippen molar-refractivity contribution in [2.24, 2.45) is 0 Å². The minimum Gasteiger partial charge on any atom is -0.310 e. The van der Waals surface area contributed by atoms with Gasteiger partial charge in [0.25, 0.3) is 0 Å². The van der Waals surface area contributed by atoms with Gasteiger partial charge in [-0.05, 0) is 45.4 Å². The smallest absolute Gasteiger partial charge is 0.150 e. The number of hydrogen-bond acceptors (Lipinski definition) is 4. The third-order valence-corrected chi connectivity index (χ3v) is 5.84. The first-order valence-electron chi connectivity index (χ1n) is 6.36. The third-order valence-electron chi connectivity index (χ3n) is 3.07. The van der Waals surface area contributed by atoms with Crippen molar-refractivity contribution >= 4 is 21.2 Å². The maximum Gasteiger partial charge on any atom is 0.150 e. The minimum atomic E-state index is -2.82. The number of thiophene rings is 1. The molecule has 18 heavy (non-hydrogen) atoms. The summed E-state index contributed by atoms with van der Waals surface area (Å²) in [6.07, 6.45) is 0.683. The first kappa shape index (κ1) is 15.7. The maximum absolute atomic E-state index is 11.3. The lowest BCUT2D eigenvalue weighted by Crippen LogP contribution is -2.22. The van der Waals surface area contributed by atoms with E-state index in [0.29, 0.717) is 12.5 Å². The van der Waals surface area contributed by atoms with Gasteiger partial charge in [0.05, 0.1) is 5.75 Å². The van der Waals surface area contributed by atoms with Crippen LogP contribution < -0.4 is 5.32 Å². The fourth-order valence-corrected chi connectivity index (χ4v) is 3.84. The second-order valence-corrected chi connectivity index (χ2v) is 8.57. The molecule has 0 radical (unpaired) electrons. The average molecular weight is 289 g/mol. The Morgan fingerprint density at radius 3 is 2.56 bits per heavy atom. The molecule has 3 nitrogen and oxygen atoms in total. The van der Waals surface area contributed by atoms with Crippen LogP contribution in [0.3, 0.4) is 0 Å². The molecule has 0 spiro atoms. The monoisotopic (exact) mass is 289 g/mol. The summed E-state index contributed by atoms with van der Waals surface area (Å²) in [6, 6.07) is 2.50. The SMILES string of the molecule is CCS(=O)(=O)CCCNC(C)c1cc(C)sc1C. The summed E-state index contributed by atoms with van der Waals surface area (Å²) < 4.78 is 22.7. The van der Waals surface area contributed by atoms with E-state index in [1.807, 2.05) is 11.3 Å². The highest BCUT2D eigenvalue weighted by atomic mass is 32.2. The van der Waals surface area contributed by atoms with Crippen molar-refractivity contribution in [2.75, 3.05) is 18.1 Å². The fraction of sp³-hybridized carbons (Fsp3) is 0.692. The van der Waals surface area contributed by atoms with Crippen molar-refractivity contribution < 1.29 is 8.42 Å². The van der Waals surface area contributed by atoms with Gasteiger partial charge in [-0.3, -0.25) is 0 Å². The van der Waals surface area contributed by atoms with Gasteiger partial charge in [-0.1, -0.05) is 6.92 Å². The van der Waals surface area contributed by atoms with E-state index < -0.39 is 9.84 Å². The zero-order chi connectivity index (χ0) is 13.8. The summed E-state index contributed by atoms with van der Waals surface area (Å²) in [6.45, 7) is 8.81. The van der Waals surface area contributed by atoms with Gasteiger partial charge in [0.15, 0.2) is 0 Å². The van der Waals surface area contributed by atoms with Crippen LogP contribution >= 0.6 is 11.3 Å². The molecule has 1 atom stereocenters. The van der Waals surface area contributed by atoms with Crippen molar-refractivity contribution in [1.29, 1.82) is 0 Å². The first-order chi connectivity index (χ1) is 8.35. The quantitative estimate of drug-likeness (QED) is 0.785. The molecule has 0 aliphatic rings. The van der Waals surface area contributed by atoms with Crippen molar-refractivity contribution in [3.05, 3.63) is 21.4 Å². The first-order valence-corrected chi connectivity index (χ1v) is 9.00. The lowest BCUT2D eigenvalue weighted by atomic mass is 10.1. The zero-order valence-corrected chi connectivity index (χ0v) is 13.2. The number of sulfone groups is 1. The number of nitrogens with one attached hydrogen (secondary N) is 1. The largest absolute Gasteiger partial charge is 0.310 e. The Hall–Kier alpha value is -0.390. The van der Waals surface area contributed by atoms with Crippen LogP contribution in [0.25, 0.3) is 0 Å². The van der Waals surface area contributed by atoms with Crippen LogP contribution in [0.15, 0.2) is 6.07 Å². The van der Waals surface area contributed by atoms with E-state index >= 15 is 0 Å². The van der Waals surface area contributed by atoms with E-state index in [2.05, 4.69) is 32.2 Å². The Balaban J connectivity index is 2.38. The lowest BCUT2D eigenvalue weighted by molar-refractivity contribution is 0.560. The molecule has 5 heteroatoms. The second kappa shape index (κ2) is 6.68. The molecular formula is C13H23NO2S2. The molecule has 0 fully saturated rings. The summed E-state index contributed by atoms with van der Waals surface area (Å²) in [7, 11) is -2.82. The lowest BCUT2D eigenvalue weighted by Gasteiger charge is -2.13. The molecule has 1 unspecified atom stereocenters. The van der Waals surface area contributed by atoms with Crippen LogP contribution in [0.4, 0.5) is 0 Å². The van der Waals surface area contributed by atoms with E-state index in [4.69, 9.17) is 0 Å². The van der Waals surface area contributed by atoms with Crippen LogP contribution in [0.1, 0.15) is 41.6 Å². The predicted molar refractivity (Wildman–Crippen MR) is 79.2 cm³/mol. The van der Waals surface area contributed by atoms with Crippen LogP contribution in [0, 0.1) is 13.8 Å². The standard InChI is InChI=1S/C13H23NO2S2/c1-5-18(15,16)8-6-7-14-11(3)13-9-10(2)17-12(13)4/h9,11,14H,5-8H2,1-4H3. The zero-order valence-electron chi connectivity index (χ0n) is 11.6. The minimum absolute atomic E-state index is 0.241. The van der Waals surface area contributed by atoms with Crippen molar-refractivity contribution in [2.45, 2.75) is 40.2 Å². The molecule has 0 saturated carbocycles. The number of aryl methyl sites for hydroxylation is 2. The molecule has 0 bridgehead atoms. The summed E-state index contributed by atoms with van der Waals surface area (Å²) in [4.78, 5) is 2.67. The third kappa shape index (κ3) is 4.71. The Kier molecular flexibility index (Phi) is 5.82. The van der Waals surface area contributed by atoms with Crippen molar-refractivity contribution in [3.8, 4) is 0 Å². The molecule has 1 rings (SSSR count). The normalized spacial score (nSPS) is 13.8. The maximum atomic E-state index is 11.3. The highest BCUT2D eigenvalue weighted by Crippen LogP contribution is 2.25. The Bertz CT molecular complexity index is 477. The molecule has 1 aromatic heterocycles. The summed E-state index contributed by atoms with van der Waals surface area (Å²) in [5, 5.41) is 3.39. The Morgan fingerprint density at radius 2 is 2.06 bits per heavy atom. The van der Waals surface area contributed by atoms with E-state index in [1.54, 1.807) is 6.92 Å². The van der Waals surface area contributed by atoms with E-state index in [9.17, 15) is 8.42 Å². The average Bonchev–Trinajstić information content (AvgIpc) is 2.64. The van der Waals surface area contributed by atoms with Gasteiger partial charge in [0, 0.05) is 21.5 Å². The number of hydrogen-bond donors (Lipinski definition) is 1. The van der Waals surface area contributed by atoms with E-state index in [0.717, 1.165) is 6.54 Å². The molecule has 1 N–H and O–H groups in total. The van der Waals surface area contributed by atoms with Crippen LogP contribution in [-0.4, -0.2) is 26.5 Å². The van der Waals surface area contributed by atoms with Crippen LogP contribution in [-0.2, 0) is 9.84 Å². The molecular weight excluding hydrogens is 266 g/mol. The summed E-state index contributed by atoms with van der Waals surface area (Å²) >= 11 is 1.81. The van der Waals surface area contributed by atoms with Crippen molar-refractivity contribution in [1.82, 2.24) is 5.32 Å². The van der Waals surface area contributed by atoms with Gasteiger partial charge in [-0.15, -0.1) is 11.3 Å². The summed E-state index contributed by atoms with van der Waals surface area (Å²) in [5.41, 5.74) is 1.33. The molecule has 0 amide bonds. The van der Waals surface area contributed by atoms with Gasteiger partial charge in [-0.25, -0.2) is 8.42 Å². The van der Waals surface area contributed by atoms with E-state index in [1.165, 1.54) is 15.3 Å². The van der Waals surface area contributed by atoms with Gasteiger partial charge < -0.3 is 5.32 Å². The van der Waals surface area contributed by atoms with Gasteiger partial charge in [0.2, 0.25) is 0 Å². The van der Waals surface area contributed by atoms with Crippen molar-refractivity contribution in [3.63, 3.8) is 0 Å². The molecule has 0 aliphatic carbocycles. The topological polar surface area (TPSA) is 46.2 Å². The Morgan fingerprint density at radius 1 is 1.39 bits per heavy atom. The van der Waals surface area contributed by atoms with E-state index in [-0.39, 0.29) is 11.5 Å². The Labute approximate surface area is 115 Å². The molecule has 1 aromatic rings. The molecule has 1 heterocycles. The van der Waals surface area contributed by atoms with Crippen LogP contribution in [0.5, 0.6) is 0 Å². The molecule has 0 aliphatic heterocycles. The fourth-order valence-electron chi connectivity index (χ4n) is 1.95. The molecule has 0 aromatic carbocycles. The van der Waals surface area contributed by atoms with Gasteiger partial charge >= 0.3 is 0 Å². The second-order valence-electron chi connectivity index (χ2n) is 4.63. The molecule has 0 saturated heterocycles. The van der Waals surface area contributed by atoms with Gasteiger partial charge in [0.1, 0.15) is 9.84 Å². The summed E-state index contributed by atoms with van der Waals surface area (Å²) in [5.74, 6) is 0.524.